The van der Waals surface area contributed by atoms with Gasteiger partial charge in [-0.25, -0.2) is 13.8 Å². The number of halogens is 3. The highest BCUT2D eigenvalue weighted by Gasteiger charge is 2.11. The lowest BCUT2D eigenvalue weighted by Crippen LogP contribution is -2.08. The highest BCUT2D eigenvalue weighted by Crippen LogP contribution is 2.23. The molecule has 7 heteroatoms. The summed E-state index contributed by atoms with van der Waals surface area (Å²) in [6.45, 7) is 2.71. The minimum atomic E-state index is -0.721. The Morgan fingerprint density at radius 3 is 2.47 bits per heavy atom. The number of aromatic nitrogens is 1. The molecule has 0 radical (unpaired) electrons. The number of hydrogen-bond acceptors (Lipinski definition) is 4. The smallest absolute Gasteiger partial charge is 0.168 e. The van der Waals surface area contributed by atoms with E-state index in [9.17, 15) is 8.78 Å². The zero-order valence-corrected chi connectivity index (χ0v) is 11.7. The van der Waals surface area contributed by atoms with Gasteiger partial charge in [-0.3, -0.25) is 0 Å². The molecule has 0 saturated heterocycles. The van der Waals surface area contributed by atoms with Crippen molar-refractivity contribution in [3.63, 3.8) is 0 Å². The summed E-state index contributed by atoms with van der Waals surface area (Å²) in [5.74, 6) is -1.37. The van der Waals surface area contributed by atoms with Crippen molar-refractivity contribution in [1.29, 1.82) is 0 Å². The fourth-order valence-electron chi connectivity index (χ4n) is 1.50. The van der Waals surface area contributed by atoms with E-state index in [1.54, 1.807) is 6.07 Å². The Bertz CT molecular complexity index is 574. The fraction of sp³-hybridized carbons (Fsp3) is 0.250. The van der Waals surface area contributed by atoms with E-state index >= 15 is 0 Å². The molecule has 0 fully saturated rings. The van der Waals surface area contributed by atoms with Gasteiger partial charge < -0.3 is 10.6 Å². The monoisotopic (exact) mass is 303 g/mol. The van der Waals surface area contributed by atoms with Crippen LogP contribution < -0.4 is 10.6 Å². The summed E-state index contributed by atoms with van der Waals surface area (Å²) in [5, 5.41) is 5.56. The van der Waals surface area contributed by atoms with Crippen LogP contribution in [0.1, 0.15) is 11.8 Å². The molecule has 0 aliphatic carbocycles. The number of hydrogen-bond donors (Lipinski definition) is 2. The van der Waals surface area contributed by atoms with Crippen LogP contribution in [-0.4, -0.2) is 11.5 Å². The van der Waals surface area contributed by atoms with Crippen molar-refractivity contribution in [1.82, 2.24) is 4.98 Å². The molecule has 2 aromatic heterocycles. The maximum Gasteiger partial charge on any atom is 0.168 e. The second kappa shape index (κ2) is 6.16. The van der Waals surface area contributed by atoms with Crippen molar-refractivity contribution in [2.45, 2.75) is 13.5 Å². The molecule has 0 bridgehead atoms. The minimum absolute atomic E-state index is 0.0156. The van der Waals surface area contributed by atoms with E-state index in [0.717, 1.165) is 10.9 Å². The number of nitrogens with one attached hydrogen (secondary N) is 2. The van der Waals surface area contributed by atoms with Crippen LogP contribution >= 0.6 is 22.9 Å². The summed E-state index contributed by atoms with van der Waals surface area (Å²) < 4.78 is 27.6. The first-order valence-electron chi connectivity index (χ1n) is 5.68. The molecule has 0 amide bonds. The largest absolute Gasteiger partial charge is 0.368 e. The van der Waals surface area contributed by atoms with Gasteiger partial charge in [-0.05, 0) is 19.1 Å². The van der Waals surface area contributed by atoms with Gasteiger partial charge in [0.25, 0.3) is 0 Å². The maximum atomic E-state index is 13.6. The molecule has 19 heavy (non-hydrogen) atoms. The summed E-state index contributed by atoms with van der Waals surface area (Å²) in [4.78, 5) is 4.83. The van der Waals surface area contributed by atoms with E-state index in [4.69, 9.17) is 11.6 Å². The van der Waals surface area contributed by atoms with E-state index in [1.165, 1.54) is 11.3 Å². The zero-order chi connectivity index (χ0) is 13.8. The number of rotatable bonds is 5. The molecule has 0 saturated carbocycles. The van der Waals surface area contributed by atoms with Crippen LogP contribution in [0, 0.1) is 11.6 Å². The SMILES string of the molecule is CCNc1nc(NCc2ccc(Cl)s2)c(F)cc1F. The molecule has 0 unspecified atom stereocenters. The normalized spacial score (nSPS) is 10.5. The van der Waals surface area contributed by atoms with Crippen molar-refractivity contribution in [3.8, 4) is 0 Å². The van der Waals surface area contributed by atoms with Crippen molar-refractivity contribution < 1.29 is 8.78 Å². The Balaban J connectivity index is 2.13. The molecule has 0 aliphatic rings. The van der Waals surface area contributed by atoms with Crippen LogP contribution in [0.5, 0.6) is 0 Å². The Labute approximate surface area is 118 Å². The summed E-state index contributed by atoms with van der Waals surface area (Å²) in [7, 11) is 0. The summed E-state index contributed by atoms with van der Waals surface area (Å²) in [6.07, 6.45) is 0. The van der Waals surface area contributed by atoms with E-state index < -0.39 is 11.6 Å². The van der Waals surface area contributed by atoms with Crippen LogP contribution in [0.2, 0.25) is 4.34 Å². The van der Waals surface area contributed by atoms with Gasteiger partial charge in [-0.15, -0.1) is 11.3 Å². The third-order valence-corrected chi connectivity index (χ3v) is 3.56. The second-order valence-electron chi connectivity index (χ2n) is 3.74. The van der Waals surface area contributed by atoms with Gasteiger partial charge in [0.15, 0.2) is 23.3 Å². The van der Waals surface area contributed by atoms with Crippen LogP contribution in [0.25, 0.3) is 0 Å². The third-order valence-electron chi connectivity index (χ3n) is 2.33. The Hall–Kier alpha value is -1.40. The topological polar surface area (TPSA) is 37.0 Å². The first-order chi connectivity index (χ1) is 9.10. The Kier molecular flexibility index (Phi) is 4.55. The highest BCUT2D eigenvalue weighted by atomic mass is 35.5. The summed E-state index contributed by atoms with van der Waals surface area (Å²) in [5.41, 5.74) is 0. The molecule has 2 N–H and O–H groups in total. The Morgan fingerprint density at radius 2 is 1.89 bits per heavy atom. The summed E-state index contributed by atoms with van der Waals surface area (Å²) >= 11 is 7.20. The predicted octanol–water partition coefficient (Wildman–Crippen LogP) is 4.12. The molecular weight excluding hydrogens is 292 g/mol. The zero-order valence-electron chi connectivity index (χ0n) is 10.1. The van der Waals surface area contributed by atoms with Crippen LogP contribution in [0.4, 0.5) is 20.4 Å². The van der Waals surface area contributed by atoms with Gasteiger partial charge in [-0.2, -0.15) is 0 Å². The van der Waals surface area contributed by atoms with E-state index in [-0.39, 0.29) is 11.6 Å². The first-order valence-corrected chi connectivity index (χ1v) is 6.87. The third kappa shape index (κ3) is 3.54. The maximum absolute atomic E-state index is 13.6. The molecule has 0 aromatic carbocycles. The average molecular weight is 304 g/mol. The fourth-order valence-corrected chi connectivity index (χ4v) is 2.53. The molecule has 0 aliphatic heterocycles. The molecule has 0 atom stereocenters. The standard InChI is InChI=1S/C12H12ClF2N3S/c1-2-16-11-8(14)5-9(15)12(18-11)17-6-7-3-4-10(13)19-7/h3-5H,2,6H2,1H3,(H2,16,17,18). The van der Waals surface area contributed by atoms with Gasteiger partial charge in [0.05, 0.1) is 10.9 Å². The molecular formula is C12H12ClF2N3S. The first kappa shape index (κ1) is 14.0. The molecule has 2 rings (SSSR count). The predicted molar refractivity (Wildman–Crippen MR) is 75.0 cm³/mol. The average Bonchev–Trinajstić information content (AvgIpc) is 2.77. The molecule has 102 valence electrons. The molecule has 0 spiro atoms. The second-order valence-corrected chi connectivity index (χ2v) is 5.54. The number of thiophene rings is 1. The van der Waals surface area contributed by atoms with Crippen molar-refractivity contribution >= 4 is 34.6 Å². The van der Waals surface area contributed by atoms with Gasteiger partial charge in [-0.1, -0.05) is 11.6 Å². The van der Waals surface area contributed by atoms with Crippen molar-refractivity contribution in [2.24, 2.45) is 0 Å². The quantitative estimate of drug-likeness (QED) is 0.872. The van der Waals surface area contributed by atoms with Gasteiger partial charge in [0.2, 0.25) is 0 Å². The van der Waals surface area contributed by atoms with Crippen LogP contribution in [0.3, 0.4) is 0 Å². The number of anilines is 2. The van der Waals surface area contributed by atoms with Gasteiger partial charge >= 0.3 is 0 Å². The number of pyridine rings is 1. The lowest BCUT2D eigenvalue weighted by Gasteiger charge is -2.09. The Morgan fingerprint density at radius 1 is 1.21 bits per heavy atom. The lowest BCUT2D eigenvalue weighted by molar-refractivity contribution is 0.578. The van der Waals surface area contributed by atoms with E-state index in [2.05, 4.69) is 15.6 Å². The van der Waals surface area contributed by atoms with Crippen LogP contribution in [-0.2, 0) is 6.54 Å². The van der Waals surface area contributed by atoms with Crippen molar-refractivity contribution in [3.05, 3.63) is 39.0 Å². The molecule has 2 heterocycles. The minimum Gasteiger partial charge on any atom is -0.368 e. The van der Waals surface area contributed by atoms with E-state index in [1.807, 2.05) is 13.0 Å². The van der Waals surface area contributed by atoms with E-state index in [0.29, 0.717) is 17.4 Å². The van der Waals surface area contributed by atoms with Crippen molar-refractivity contribution in [2.75, 3.05) is 17.2 Å². The molecule has 2 aromatic rings. The highest BCUT2D eigenvalue weighted by molar-refractivity contribution is 7.16. The lowest BCUT2D eigenvalue weighted by atomic mass is 10.3. The van der Waals surface area contributed by atoms with Gasteiger partial charge in [0.1, 0.15) is 0 Å². The summed E-state index contributed by atoms with van der Waals surface area (Å²) in [6, 6.07) is 4.42. The van der Waals surface area contributed by atoms with Gasteiger partial charge in [0, 0.05) is 17.5 Å². The number of nitrogens with zero attached hydrogens (tertiary/aromatic N) is 1. The van der Waals surface area contributed by atoms with Crippen LogP contribution in [0.15, 0.2) is 18.2 Å². The molecule has 3 nitrogen and oxygen atoms in total.